The molecule has 0 bridgehead atoms. The topological polar surface area (TPSA) is 52.6 Å². The van der Waals surface area contributed by atoms with Crippen molar-refractivity contribution in [3.8, 4) is 11.5 Å². The highest BCUT2D eigenvalue weighted by Gasteiger charge is 2.11. The molecular weight excluding hydrogens is 335 g/mol. The van der Waals surface area contributed by atoms with Gasteiger partial charge in [-0.1, -0.05) is 42.5 Å². The number of ether oxygens (including phenoxy) is 2. The number of esters is 2. The number of hydrogen-bond acceptors (Lipinski definition) is 4. The fraction of sp³-hybridized carbons (Fsp3) is 0.143. The SMILES string of the molecule is O=C(CCCC(=O)Oc1ccccc1F)Oc1ccc2ccccc2c1. The molecule has 0 heterocycles. The quantitative estimate of drug-likeness (QED) is 0.478. The fourth-order valence-corrected chi connectivity index (χ4v) is 2.49. The molecule has 0 unspecified atom stereocenters. The highest BCUT2D eigenvalue weighted by atomic mass is 19.1. The van der Waals surface area contributed by atoms with E-state index in [1.807, 2.05) is 30.3 Å². The summed E-state index contributed by atoms with van der Waals surface area (Å²) in [6, 6.07) is 18.8. The number of halogens is 1. The number of hydrogen-bond donors (Lipinski definition) is 0. The lowest BCUT2D eigenvalue weighted by Crippen LogP contribution is -2.12. The van der Waals surface area contributed by atoms with Crippen LogP contribution in [-0.4, -0.2) is 11.9 Å². The highest BCUT2D eigenvalue weighted by Crippen LogP contribution is 2.21. The molecule has 132 valence electrons. The number of para-hydroxylation sites is 1. The van der Waals surface area contributed by atoms with E-state index < -0.39 is 17.8 Å². The van der Waals surface area contributed by atoms with Crippen molar-refractivity contribution >= 4 is 22.7 Å². The maximum Gasteiger partial charge on any atom is 0.311 e. The lowest BCUT2D eigenvalue weighted by molar-refractivity contribution is -0.136. The smallest absolute Gasteiger partial charge is 0.311 e. The van der Waals surface area contributed by atoms with Crippen LogP contribution in [0.5, 0.6) is 11.5 Å². The summed E-state index contributed by atoms with van der Waals surface area (Å²) < 4.78 is 23.6. The molecule has 0 aromatic heterocycles. The first-order valence-electron chi connectivity index (χ1n) is 8.26. The molecule has 0 spiro atoms. The molecule has 0 radical (unpaired) electrons. The molecule has 0 saturated heterocycles. The van der Waals surface area contributed by atoms with Gasteiger partial charge in [0.25, 0.3) is 0 Å². The van der Waals surface area contributed by atoms with E-state index in [-0.39, 0.29) is 25.0 Å². The first-order valence-corrected chi connectivity index (χ1v) is 8.26. The predicted molar refractivity (Wildman–Crippen MR) is 95.5 cm³/mol. The Bertz CT molecular complexity index is 936. The van der Waals surface area contributed by atoms with Gasteiger partial charge in [-0.15, -0.1) is 0 Å². The van der Waals surface area contributed by atoms with Crippen LogP contribution in [0.25, 0.3) is 10.8 Å². The maximum atomic E-state index is 13.4. The van der Waals surface area contributed by atoms with Crippen molar-refractivity contribution in [1.29, 1.82) is 0 Å². The molecule has 5 heteroatoms. The summed E-state index contributed by atoms with van der Waals surface area (Å²) in [5.41, 5.74) is 0. The van der Waals surface area contributed by atoms with Gasteiger partial charge in [0, 0.05) is 12.8 Å². The van der Waals surface area contributed by atoms with Crippen molar-refractivity contribution in [2.75, 3.05) is 0 Å². The molecule has 4 nitrogen and oxygen atoms in total. The molecule has 0 aliphatic heterocycles. The highest BCUT2D eigenvalue weighted by molar-refractivity contribution is 5.84. The first-order chi connectivity index (χ1) is 12.6. The van der Waals surface area contributed by atoms with Gasteiger partial charge in [-0.25, -0.2) is 4.39 Å². The van der Waals surface area contributed by atoms with Gasteiger partial charge in [-0.2, -0.15) is 0 Å². The molecule has 0 aliphatic rings. The Morgan fingerprint density at radius 2 is 1.42 bits per heavy atom. The van der Waals surface area contributed by atoms with Crippen LogP contribution in [0.3, 0.4) is 0 Å². The zero-order valence-corrected chi connectivity index (χ0v) is 14.0. The summed E-state index contributed by atoms with van der Waals surface area (Å²) >= 11 is 0. The molecule has 0 atom stereocenters. The number of rotatable bonds is 6. The van der Waals surface area contributed by atoms with Gasteiger partial charge < -0.3 is 9.47 Å². The lowest BCUT2D eigenvalue weighted by atomic mass is 10.1. The second-order valence-electron chi connectivity index (χ2n) is 5.74. The molecule has 0 N–H and O–H groups in total. The minimum absolute atomic E-state index is 0.00115. The summed E-state index contributed by atoms with van der Waals surface area (Å²) in [5.74, 6) is -1.27. The van der Waals surface area contributed by atoms with Crippen LogP contribution >= 0.6 is 0 Å². The number of carbonyl (C=O) groups excluding carboxylic acids is 2. The summed E-state index contributed by atoms with van der Waals surface area (Å²) in [5, 5.41) is 2.04. The van der Waals surface area contributed by atoms with Crippen molar-refractivity contribution in [3.05, 3.63) is 72.5 Å². The Morgan fingerprint density at radius 1 is 0.769 bits per heavy atom. The third-order valence-electron chi connectivity index (χ3n) is 3.77. The minimum Gasteiger partial charge on any atom is -0.427 e. The van der Waals surface area contributed by atoms with E-state index >= 15 is 0 Å². The molecule has 0 saturated carbocycles. The molecule has 0 aliphatic carbocycles. The number of carbonyl (C=O) groups is 2. The van der Waals surface area contributed by atoms with Crippen LogP contribution in [0.1, 0.15) is 19.3 Å². The Balaban J connectivity index is 1.46. The van der Waals surface area contributed by atoms with Gasteiger partial charge in [0.15, 0.2) is 11.6 Å². The van der Waals surface area contributed by atoms with Gasteiger partial charge in [0.2, 0.25) is 0 Å². The Kier molecular flexibility index (Phi) is 5.59. The van der Waals surface area contributed by atoms with Crippen molar-refractivity contribution < 1.29 is 23.5 Å². The number of benzene rings is 3. The fourth-order valence-electron chi connectivity index (χ4n) is 2.49. The Hall–Kier alpha value is -3.21. The van der Waals surface area contributed by atoms with E-state index in [1.165, 1.54) is 18.2 Å². The third kappa shape index (κ3) is 4.66. The Labute approximate surface area is 150 Å². The standard InChI is InChI=1S/C21H17FO4/c22-18-8-3-4-9-19(18)26-21(24)11-5-10-20(23)25-17-13-12-15-6-1-2-7-16(15)14-17/h1-4,6-9,12-14H,5,10-11H2. The second-order valence-corrected chi connectivity index (χ2v) is 5.74. The molecular formula is C21H17FO4. The molecule has 0 amide bonds. The van der Waals surface area contributed by atoms with Crippen molar-refractivity contribution in [3.63, 3.8) is 0 Å². The largest absolute Gasteiger partial charge is 0.427 e. The van der Waals surface area contributed by atoms with Crippen LogP contribution in [0.2, 0.25) is 0 Å². The first kappa shape index (κ1) is 17.6. The normalized spacial score (nSPS) is 10.5. The molecule has 0 fully saturated rings. The summed E-state index contributed by atoms with van der Waals surface area (Å²) in [7, 11) is 0. The van der Waals surface area contributed by atoms with Crippen LogP contribution in [-0.2, 0) is 9.59 Å². The van der Waals surface area contributed by atoms with Gasteiger partial charge in [0.1, 0.15) is 5.75 Å². The van der Waals surface area contributed by atoms with E-state index in [4.69, 9.17) is 9.47 Å². The third-order valence-corrected chi connectivity index (χ3v) is 3.77. The van der Waals surface area contributed by atoms with Gasteiger partial charge >= 0.3 is 11.9 Å². The van der Waals surface area contributed by atoms with Crippen LogP contribution < -0.4 is 9.47 Å². The average Bonchev–Trinajstić information content (AvgIpc) is 2.63. The van der Waals surface area contributed by atoms with Gasteiger partial charge in [-0.05, 0) is 41.5 Å². The second kappa shape index (κ2) is 8.25. The van der Waals surface area contributed by atoms with Crippen molar-refractivity contribution in [2.45, 2.75) is 19.3 Å². The van der Waals surface area contributed by atoms with Crippen LogP contribution in [0.15, 0.2) is 66.7 Å². The van der Waals surface area contributed by atoms with E-state index in [2.05, 4.69) is 0 Å². The average molecular weight is 352 g/mol. The van der Waals surface area contributed by atoms with E-state index in [1.54, 1.807) is 18.2 Å². The van der Waals surface area contributed by atoms with Gasteiger partial charge in [-0.3, -0.25) is 9.59 Å². The van der Waals surface area contributed by atoms with Crippen molar-refractivity contribution in [2.24, 2.45) is 0 Å². The van der Waals surface area contributed by atoms with E-state index in [0.717, 1.165) is 10.8 Å². The Morgan fingerprint density at radius 3 is 2.19 bits per heavy atom. The molecule has 3 aromatic carbocycles. The van der Waals surface area contributed by atoms with Crippen LogP contribution in [0.4, 0.5) is 4.39 Å². The minimum atomic E-state index is -0.600. The number of fused-ring (bicyclic) bond motifs is 1. The molecule has 3 rings (SSSR count). The molecule has 3 aromatic rings. The summed E-state index contributed by atoms with van der Waals surface area (Å²) in [4.78, 5) is 23.6. The zero-order chi connectivity index (χ0) is 18.4. The maximum absolute atomic E-state index is 13.4. The summed E-state index contributed by atoms with van der Waals surface area (Å²) in [6.07, 6.45) is 0.333. The zero-order valence-electron chi connectivity index (χ0n) is 14.0. The van der Waals surface area contributed by atoms with E-state index in [0.29, 0.717) is 5.75 Å². The predicted octanol–water partition coefficient (Wildman–Crippen LogP) is 4.66. The van der Waals surface area contributed by atoms with E-state index in [9.17, 15) is 14.0 Å². The molecule has 26 heavy (non-hydrogen) atoms. The van der Waals surface area contributed by atoms with Gasteiger partial charge in [0.05, 0.1) is 0 Å². The van der Waals surface area contributed by atoms with Crippen molar-refractivity contribution in [1.82, 2.24) is 0 Å². The lowest BCUT2D eigenvalue weighted by Gasteiger charge is -2.06. The monoisotopic (exact) mass is 352 g/mol. The summed E-state index contributed by atoms with van der Waals surface area (Å²) in [6.45, 7) is 0. The van der Waals surface area contributed by atoms with Crippen LogP contribution in [0, 0.1) is 5.82 Å².